The lowest BCUT2D eigenvalue weighted by molar-refractivity contribution is 0.0966. The number of hydrogen-bond donors (Lipinski definition) is 2. The quantitative estimate of drug-likeness (QED) is 0.500. The zero-order chi connectivity index (χ0) is 17.0. The van der Waals surface area contributed by atoms with Gasteiger partial charge in [0.15, 0.2) is 11.1 Å². The molecule has 23 heavy (non-hydrogen) atoms. The van der Waals surface area contributed by atoms with Gasteiger partial charge in [-0.25, -0.2) is 4.21 Å². The lowest BCUT2D eigenvalue weighted by Gasteiger charge is -2.11. The van der Waals surface area contributed by atoms with Crippen molar-refractivity contribution < 1.29 is 13.6 Å². The normalized spacial score (nSPS) is 18.1. The van der Waals surface area contributed by atoms with Crippen LogP contribution >= 0.6 is 11.6 Å². The minimum atomic E-state index is -2.07. The highest BCUT2D eigenvalue weighted by Crippen LogP contribution is 2.19. The van der Waals surface area contributed by atoms with Crippen molar-refractivity contribution in [1.29, 1.82) is 0 Å². The number of carbonyl (C=O) groups excluding carboxylic acids is 1. The molecule has 2 N–H and O–H groups in total. The number of nitrogens with one attached hydrogen (secondary N) is 1. The van der Waals surface area contributed by atoms with Crippen molar-refractivity contribution in [2.75, 3.05) is 0 Å². The molecular formula is C17H16ClNO3S. The molecule has 1 aromatic carbocycles. The van der Waals surface area contributed by atoms with E-state index in [2.05, 4.69) is 17.2 Å². The summed E-state index contributed by atoms with van der Waals surface area (Å²) in [7, 11) is 0. The van der Waals surface area contributed by atoms with Gasteiger partial charge in [0.25, 0.3) is 5.91 Å². The molecule has 2 unspecified atom stereocenters. The molecule has 2 rings (SSSR count). The third-order valence-corrected chi connectivity index (χ3v) is 4.44. The smallest absolute Gasteiger partial charge is 0.255 e. The van der Waals surface area contributed by atoms with E-state index < -0.39 is 11.1 Å². The van der Waals surface area contributed by atoms with E-state index in [4.69, 9.17) is 11.6 Å². The van der Waals surface area contributed by atoms with E-state index in [1.165, 1.54) is 0 Å². The molecule has 2 atom stereocenters. The number of allylic oxidation sites excluding steroid dienone is 3. The van der Waals surface area contributed by atoms with Gasteiger partial charge in [-0.1, -0.05) is 17.9 Å². The van der Waals surface area contributed by atoms with Crippen molar-refractivity contribution in [1.82, 2.24) is 5.32 Å². The van der Waals surface area contributed by atoms with Crippen LogP contribution in [-0.4, -0.2) is 20.0 Å². The van der Waals surface area contributed by atoms with E-state index in [0.29, 0.717) is 33.7 Å². The largest absolute Gasteiger partial charge is 0.321 e. The van der Waals surface area contributed by atoms with Gasteiger partial charge >= 0.3 is 0 Å². The van der Waals surface area contributed by atoms with Crippen molar-refractivity contribution in [3.63, 3.8) is 0 Å². The molecule has 1 aliphatic carbocycles. The molecule has 0 radical (unpaired) electrons. The van der Waals surface area contributed by atoms with Gasteiger partial charge in [0, 0.05) is 23.8 Å². The average Bonchev–Trinajstić information content (AvgIpc) is 2.48. The maximum Gasteiger partial charge on any atom is 0.255 e. The molecule has 0 saturated carbocycles. The summed E-state index contributed by atoms with van der Waals surface area (Å²) in [6.07, 6.45) is 5.69. The molecule has 0 aromatic heterocycles. The molecule has 120 valence electrons. The lowest BCUT2D eigenvalue weighted by atomic mass is 10.0. The Hall–Kier alpha value is -1.87. The molecule has 6 heteroatoms. The standard InChI is InChI=1S/C17H16ClNO3S/c1-11-10-16(23(21)22)12(2)9-15(11)17(20)19-14-6-4-3-5-13(18)7-8-14/h6-10,13H,5H2,1-2H3,(H,19,20)(H,21,22). The zero-order valence-corrected chi connectivity index (χ0v) is 14.3. The molecule has 0 heterocycles. The number of amides is 1. The summed E-state index contributed by atoms with van der Waals surface area (Å²) in [6.45, 7) is 3.42. The van der Waals surface area contributed by atoms with Gasteiger partial charge < -0.3 is 9.87 Å². The number of aryl methyl sites for hydroxylation is 2. The number of hydrogen-bond acceptors (Lipinski definition) is 2. The molecular weight excluding hydrogens is 334 g/mol. The molecule has 4 nitrogen and oxygen atoms in total. The van der Waals surface area contributed by atoms with Crippen LogP contribution in [0.1, 0.15) is 27.9 Å². The minimum Gasteiger partial charge on any atom is -0.321 e. The first-order valence-corrected chi connectivity index (χ1v) is 8.47. The number of alkyl halides is 1. The molecule has 0 saturated heterocycles. The van der Waals surface area contributed by atoms with Crippen LogP contribution in [0.3, 0.4) is 0 Å². The molecule has 0 spiro atoms. The van der Waals surface area contributed by atoms with Crippen LogP contribution in [0.25, 0.3) is 0 Å². The van der Waals surface area contributed by atoms with Crippen molar-refractivity contribution in [3.05, 3.63) is 52.7 Å². The zero-order valence-electron chi connectivity index (χ0n) is 12.7. The fourth-order valence-electron chi connectivity index (χ4n) is 2.11. The fourth-order valence-corrected chi connectivity index (χ4v) is 2.87. The fraction of sp³-hybridized carbons (Fsp3) is 0.235. The number of benzene rings is 1. The first kappa shape index (κ1) is 17.5. The maximum absolute atomic E-state index is 12.4. The molecule has 0 aliphatic heterocycles. The first-order chi connectivity index (χ1) is 10.9. The number of carbonyl (C=O) groups is 1. The monoisotopic (exact) mass is 349 g/mol. The number of halogens is 1. The Balaban J connectivity index is 2.27. The SMILES string of the molecule is Cc1cc(S(=O)O)c(C)cc1C(=O)NC1=CC#CCC(Cl)C=C1. The molecule has 1 aliphatic rings. The van der Waals surface area contributed by atoms with Crippen molar-refractivity contribution in [3.8, 4) is 11.8 Å². The lowest BCUT2D eigenvalue weighted by Crippen LogP contribution is -2.23. The third kappa shape index (κ3) is 4.55. The van der Waals surface area contributed by atoms with Gasteiger partial charge in [-0.05, 0) is 43.2 Å². The van der Waals surface area contributed by atoms with Crippen LogP contribution in [0.2, 0.25) is 0 Å². The third-order valence-electron chi connectivity index (χ3n) is 3.32. The second-order valence-corrected chi connectivity index (χ2v) is 6.63. The summed E-state index contributed by atoms with van der Waals surface area (Å²) in [4.78, 5) is 12.7. The second kappa shape index (κ2) is 7.60. The Morgan fingerprint density at radius 2 is 2.13 bits per heavy atom. The van der Waals surface area contributed by atoms with Gasteiger partial charge in [0.05, 0.1) is 10.3 Å². The van der Waals surface area contributed by atoms with Crippen LogP contribution in [0.4, 0.5) is 0 Å². The Labute approximate surface area is 142 Å². The van der Waals surface area contributed by atoms with Crippen LogP contribution in [0.15, 0.2) is 41.0 Å². The maximum atomic E-state index is 12.4. The van der Waals surface area contributed by atoms with Crippen molar-refractivity contribution in [2.24, 2.45) is 0 Å². The summed E-state index contributed by atoms with van der Waals surface area (Å²) in [5.74, 6) is 5.44. The summed E-state index contributed by atoms with van der Waals surface area (Å²) in [5.41, 5.74) is 2.22. The highest BCUT2D eigenvalue weighted by Gasteiger charge is 2.14. The van der Waals surface area contributed by atoms with Crippen molar-refractivity contribution >= 4 is 28.6 Å². The Morgan fingerprint density at radius 3 is 2.83 bits per heavy atom. The Kier molecular flexibility index (Phi) is 5.78. The van der Waals surface area contributed by atoms with Crippen LogP contribution < -0.4 is 5.32 Å². The summed E-state index contributed by atoms with van der Waals surface area (Å²) in [6, 6.07) is 3.16. The molecule has 1 amide bonds. The van der Waals surface area contributed by atoms with Crippen LogP contribution in [0.5, 0.6) is 0 Å². The van der Waals surface area contributed by atoms with Gasteiger partial charge in [0.2, 0.25) is 0 Å². The minimum absolute atomic E-state index is 0.189. The van der Waals surface area contributed by atoms with E-state index >= 15 is 0 Å². The van der Waals surface area contributed by atoms with E-state index in [1.807, 2.05) is 0 Å². The van der Waals surface area contributed by atoms with Gasteiger partial charge in [-0.2, -0.15) is 0 Å². The summed E-state index contributed by atoms with van der Waals surface area (Å²) < 4.78 is 20.5. The second-order valence-electron chi connectivity index (χ2n) is 5.14. The number of rotatable bonds is 3. The van der Waals surface area contributed by atoms with Gasteiger partial charge in [-0.15, -0.1) is 11.6 Å². The highest BCUT2D eigenvalue weighted by molar-refractivity contribution is 7.79. The van der Waals surface area contributed by atoms with Crippen LogP contribution in [0, 0.1) is 25.7 Å². The van der Waals surface area contributed by atoms with Crippen LogP contribution in [-0.2, 0) is 11.1 Å². The van der Waals surface area contributed by atoms with Gasteiger partial charge in [-0.3, -0.25) is 4.79 Å². The van der Waals surface area contributed by atoms with Gasteiger partial charge in [0.1, 0.15) is 0 Å². The first-order valence-electron chi connectivity index (χ1n) is 6.92. The predicted octanol–water partition coefficient (Wildman–Crippen LogP) is 3.07. The Bertz CT molecular complexity index is 787. The average molecular weight is 350 g/mol. The molecule has 0 bridgehead atoms. The van der Waals surface area contributed by atoms with E-state index in [1.54, 1.807) is 44.2 Å². The molecule has 0 fully saturated rings. The topological polar surface area (TPSA) is 66.4 Å². The summed E-state index contributed by atoms with van der Waals surface area (Å²) in [5, 5.41) is 2.59. The summed E-state index contributed by atoms with van der Waals surface area (Å²) >= 11 is 3.95. The van der Waals surface area contributed by atoms with E-state index in [0.717, 1.165) is 0 Å². The van der Waals surface area contributed by atoms with E-state index in [9.17, 15) is 13.6 Å². The predicted molar refractivity (Wildman–Crippen MR) is 91.7 cm³/mol. The van der Waals surface area contributed by atoms with E-state index in [-0.39, 0.29) is 11.3 Å². The Morgan fingerprint density at radius 1 is 1.39 bits per heavy atom. The molecule has 1 aromatic rings. The highest BCUT2D eigenvalue weighted by atomic mass is 35.5. The van der Waals surface area contributed by atoms with Crippen molar-refractivity contribution in [2.45, 2.75) is 30.5 Å².